The highest BCUT2D eigenvalue weighted by Gasteiger charge is 2.39. The van der Waals surface area contributed by atoms with E-state index in [9.17, 15) is 4.46 Å². The lowest BCUT2D eigenvalue weighted by Crippen LogP contribution is -2.53. The number of hydrogen-bond donors (Lipinski definition) is 0. The molecule has 0 saturated heterocycles. The van der Waals surface area contributed by atoms with Gasteiger partial charge in [0.15, 0.2) is 17.4 Å². The molecule has 0 saturated carbocycles. The number of quaternary nitrogens is 1. The first kappa shape index (κ1) is 29.1. The lowest BCUT2D eigenvalue weighted by Gasteiger charge is -2.46. The predicted molar refractivity (Wildman–Crippen MR) is 138 cm³/mol. The van der Waals surface area contributed by atoms with Gasteiger partial charge in [-0.25, -0.2) is 4.39 Å². The Morgan fingerprint density at radius 3 is 1.86 bits per heavy atom. The lowest BCUT2D eigenvalue weighted by atomic mass is 9.94. The average molecular weight is 507 g/mol. The van der Waals surface area contributed by atoms with E-state index < -0.39 is 20.8 Å². The minimum Gasteiger partial charge on any atom is -0.459 e. The Bertz CT molecular complexity index is 889. The molecule has 0 aromatic heterocycles. The van der Waals surface area contributed by atoms with Crippen LogP contribution in [0.3, 0.4) is 0 Å². The van der Waals surface area contributed by atoms with Crippen molar-refractivity contribution in [2.24, 2.45) is 0 Å². The van der Waals surface area contributed by atoms with Crippen LogP contribution in [0, 0.1) is 11.6 Å². The second-order valence-electron chi connectivity index (χ2n) is 9.30. The summed E-state index contributed by atoms with van der Waals surface area (Å²) < 4.78 is 54.4. The standard InChI is InChI=1S/C28H42F2NO3Si/c1-5-9-20-31(21-10-6-2,22-11-7-3)25(15-8-4)24-18-19-26(28(30)27(24)29)34-35(32)33-23-16-13-12-14-17-23/h12-14,16-19,25H,5-11,15,20-22H2,1-4H3/q+1. The van der Waals surface area contributed by atoms with Gasteiger partial charge >= 0.3 is 9.17 Å². The molecule has 4 nitrogen and oxygen atoms in total. The Kier molecular flexibility index (Phi) is 12.6. The number of halogens is 2. The van der Waals surface area contributed by atoms with Crippen LogP contribution in [0.25, 0.3) is 0 Å². The summed E-state index contributed by atoms with van der Waals surface area (Å²) in [5.41, 5.74) is 0.392. The van der Waals surface area contributed by atoms with E-state index in [0.717, 1.165) is 75.5 Å². The molecule has 2 aromatic rings. The summed E-state index contributed by atoms with van der Waals surface area (Å²) in [4.78, 5) is 0. The van der Waals surface area contributed by atoms with E-state index in [1.54, 1.807) is 36.4 Å². The van der Waals surface area contributed by atoms with Crippen LogP contribution in [0.5, 0.6) is 11.5 Å². The van der Waals surface area contributed by atoms with Crippen molar-refractivity contribution < 1.29 is 26.6 Å². The second kappa shape index (κ2) is 15.1. The van der Waals surface area contributed by atoms with Crippen molar-refractivity contribution in [2.75, 3.05) is 19.6 Å². The van der Waals surface area contributed by atoms with E-state index in [-0.39, 0.29) is 11.8 Å². The third-order valence-corrected chi connectivity index (χ3v) is 7.46. The minimum atomic E-state index is -3.10. The molecule has 0 N–H and O–H groups in total. The molecule has 0 aliphatic heterocycles. The monoisotopic (exact) mass is 506 g/mol. The third-order valence-electron chi connectivity index (χ3n) is 6.67. The zero-order valence-corrected chi connectivity index (χ0v) is 22.8. The summed E-state index contributed by atoms with van der Waals surface area (Å²) in [6, 6.07) is 11.4. The van der Waals surface area contributed by atoms with Crippen molar-refractivity contribution in [1.82, 2.24) is 0 Å². The maximum absolute atomic E-state index is 15.6. The average Bonchev–Trinajstić information content (AvgIpc) is 2.86. The summed E-state index contributed by atoms with van der Waals surface area (Å²) in [6.45, 7) is 11.5. The smallest absolute Gasteiger partial charge is 0.459 e. The molecule has 1 unspecified atom stereocenters. The van der Waals surface area contributed by atoms with Crippen LogP contribution >= 0.6 is 0 Å². The molecular weight excluding hydrogens is 464 g/mol. The first-order valence-electron chi connectivity index (χ1n) is 13.2. The van der Waals surface area contributed by atoms with Crippen LogP contribution in [0.1, 0.15) is 90.7 Å². The van der Waals surface area contributed by atoms with Gasteiger partial charge in [-0.3, -0.25) is 4.46 Å². The molecule has 0 aliphatic carbocycles. The van der Waals surface area contributed by atoms with Crippen molar-refractivity contribution in [3.63, 3.8) is 0 Å². The highest BCUT2D eigenvalue weighted by Crippen LogP contribution is 2.38. The van der Waals surface area contributed by atoms with Crippen molar-refractivity contribution >= 4 is 9.17 Å². The predicted octanol–water partition coefficient (Wildman–Crippen LogP) is 7.90. The fraction of sp³-hybridized carbons (Fsp3) is 0.571. The Balaban J connectivity index is 2.39. The number of benzene rings is 2. The number of rotatable bonds is 17. The van der Waals surface area contributed by atoms with Gasteiger partial charge in [-0.05, 0) is 43.5 Å². The van der Waals surface area contributed by atoms with Crippen LogP contribution in [-0.4, -0.2) is 33.3 Å². The minimum absolute atomic E-state index is 0.134. The summed E-state index contributed by atoms with van der Waals surface area (Å²) in [5.74, 6) is -2.03. The first-order valence-corrected chi connectivity index (χ1v) is 14.4. The Morgan fingerprint density at radius 1 is 0.771 bits per heavy atom. The normalized spacial score (nSPS) is 12.4. The van der Waals surface area contributed by atoms with Crippen molar-refractivity contribution in [3.8, 4) is 11.5 Å². The molecule has 1 atom stereocenters. The van der Waals surface area contributed by atoms with E-state index in [0.29, 0.717) is 11.3 Å². The zero-order valence-electron chi connectivity index (χ0n) is 21.8. The highest BCUT2D eigenvalue weighted by atomic mass is 28.3. The summed E-state index contributed by atoms with van der Waals surface area (Å²) in [6.07, 6.45) is 8.02. The van der Waals surface area contributed by atoms with Gasteiger partial charge in [-0.2, -0.15) is 4.39 Å². The lowest BCUT2D eigenvalue weighted by molar-refractivity contribution is -0.958. The zero-order chi connectivity index (χ0) is 25.7. The Labute approximate surface area is 211 Å². The highest BCUT2D eigenvalue weighted by molar-refractivity contribution is 6.28. The van der Waals surface area contributed by atoms with E-state index in [1.807, 2.05) is 0 Å². The van der Waals surface area contributed by atoms with Gasteiger partial charge in [0.05, 0.1) is 19.6 Å². The molecule has 2 rings (SSSR count). The van der Waals surface area contributed by atoms with Crippen LogP contribution in [0.2, 0.25) is 0 Å². The third kappa shape index (κ3) is 8.21. The van der Waals surface area contributed by atoms with Crippen LogP contribution < -0.4 is 8.85 Å². The van der Waals surface area contributed by atoms with Crippen molar-refractivity contribution in [2.45, 2.75) is 85.1 Å². The topological polar surface area (TPSA) is 35.5 Å². The Morgan fingerprint density at radius 2 is 1.34 bits per heavy atom. The van der Waals surface area contributed by atoms with Crippen LogP contribution in [0.15, 0.2) is 42.5 Å². The molecule has 2 aromatic carbocycles. The molecule has 0 amide bonds. The molecule has 0 heterocycles. The van der Waals surface area contributed by atoms with Gasteiger partial charge in [0.2, 0.25) is 0 Å². The Hall–Kier alpha value is -2.12. The summed E-state index contributed by atoms with van der Waals surface area (Å²) >= 11 is 0. The second-order valence-corrected chi connectivity index (χ2v) is 10.2. The molecule has 7 heteroatoms. The molecule has 0 radical (unpaired) electrons. The maximum Gasteiger partial charge on any atom is 0.778 e. The SMILES string of the molecule is CCCC[N+](CCCC)(CCCC)C(CCC)c1ccc(O[Si](=O)Oc2ccccc2)c(F)c1F. The van der Waals surface area contributed by atoms with E-state index in [4.69, 9.17) is 8.85 Å². The van der Waals surface area contributed by atoms with E-state index >= 15 is 8.78 Å². The van der Waals surface area contributed by atoms with Crippen molar-refractivity contribution in [1.29, 1.82) is 0 Å². The molecule has 194 valence electrons. The largest absolute Gasteiger partial charge is 0.778 e. The van der Waals surface area contributed by atoms with Gasteiger partial charge in [0, 0.05) is 12.0 Å². The van der Waals surface area contributed by atoms with E-state index in [2.05, 4.69) is 27.7 Å². The number of hydrogen-bond acceptors (Lipinski definition) is 3. The first-order chi connectivity index (χ1) is 16.9. The van der Waals surface area contributed by atoms with Gasteiger partial charge in [-0.1, -0.05) is 71.6 Å². The molecule has 0 fully saturated rings. The molecule has 0 spiro atoms. The van der Waals surface area contributed by atoms with Crippen molar-refractivity contribution in [3.05, 3.63) is 59.7 Å². The fourth-order valence-corrected chi connectivity index (χ4v) is 5.51. The number of unbranched alkanes of at least 4 members (excludes halogenated alkanes) is 3. The number of para-hydroxylation sites is 1. The van der Waals surface area contributed by atoms with Gasteiger partial charge in [0.25, 0.3) is 0 Å². The quantitative estimate of drug-likeness (QED) is 0.162. The summed E-state index contributed by atoms with van der Waals surface area (Å²) in [7, 11) is -3.10. The molecule has 0 bridgehead atoms. The van der Waals surface area contributed by atoms with Crippen LogP contribution in [-0.2, 0) is 4.46 Å². The van der Waals surface area contributed by atoms with Gasteiger partial charge < -0.3 is 13.3 Å². The molecule has 35 heavy (non-hydrogen) atoms. The molecule has 0 aliphatic rings. The van der Waals surface area contributed by atoms with E-state index in [1.165, 1.54) is 6.07 Å². The summed E-state index contributed by atoms with van der Waals surface area (Å²) in [5, 5.41) is 0. The fourth-order valence-electron chi connectivity index (χ4n) is 4.80. The van der Waals surface area contributed by atoms with Gasteiger partial charge in [-0.15, -0.1) is 0 Å². The van der Waals surface area contributed by atoms with Crippen LogP contribution in [0.4, 0.5) is 8.78 Å². The van der Waals surface area contributed by atoms with Gasteiger partial charge in [0.1, 0.15) is 11.8 Å². The maximum atomic E-state index is 15.6. The molecular formula is C28H42F2NO3Si+. The number of nitrogens with zero attached hydrogens (tertiary/aromatic N) is 1.